The third kappa shape index (κ3) is 7.31. The summed E-state index contributed by atoms with van der Waals surface area (Å²) in [5, 5.41) is 11.4. The van der Waals surface area contributed by atoms with Crippen LogP contribution in [0.5, 0.6) is 0 Å². The van der Waals surface area contributed by atoms with E-state index in [0.29, 0.717) is 18.8 Å². The molecule has 1 aromatic rings. The third-order valence-corrected chi connectivity index (χ3v) is 4.53. The molecule has 0 bridgehead atoms. The second-order valence-electron chi connectivity index (χ2n) is 5.41. The van der Waals surface area contributed by atoms with E-state index < -0.39 is 0 Å². The molecule has 2 amide bonds. The molecule has 0 heterocycles. The number of hydrogen-bond donors (Lipinski definition) is 2. The summed E-state index contributed by atoms with van der Waals surface area (Å²) in [7, 11) is 0. The Bertz CT molecular complexity index is 525. The van der Waals surface area contributed by atoms with Gasteiger partial charge < -0.3 is 15.3 Å². The van der Waals surface area contributed by atoms with Crippen molar-refractivity contribution < 1.29 is 19.1 Å². The first-order chi connectivity index (χ1) is 11.5. The minimum absolute atomic E-state index is 0.0715. The lowest BCUT2D eigenvalue weighted by Crippen LogP contribution is -2.39. The molecule has 0 radical (unpaired) electrons. The fraction of sp³-hybridized carbons (Fsp3) is 0.529. The minimum atomic E-state index is -0.368. The fourth-order valence-electron chi connectivity index (χ4n) is 2.06. The Labute approximate surface area is 146 Å². The number of aliphatic hydroxyl groups is 1. The van der Waals surface area contributed by atoms with Crippen molar-refractivity contribution in [1.29, 1.82) is 0 Å². The fourth-order valence-corrected chi connectivity index (χ4v) is 2.83. The van der Waals surface area contributed by atoms with E-state index in [1.54, 1.807) is 11.8 Å². The molecule has 0 spiro atoms. The van der Waals surface area contributed by atoms with Crippen molar-refractivity contribution >= 4 is 29.3 Å². The summed E-state index contributed by atoms with van der Waals surface area (Å²) in [6.45, 7) is 4.65. The van der Waals surface area contributed by atoms with Crippen molar-refractivity contribution in [2.24, 2.45) is 0 Å². The highest BCUT2D eigenvalue weighted by molar-refractivity contribution is 8.01. The third-order valence-electron chi connectivity index (χ3n) is 3.40. The molecular formula is C17H25FN2O3S. The lowest BCUT2D eigenvalue weighted by Gasteiger charge is -2.24. The van der Waals surface area contributed by atoms with Gasteiger partial charge in [0.25, 0.3) is 0 Å². The van der Waals surface area contributed by atoms with E-state index in [2.05, 4.69) is 5.32 Å². The Kier molecular flexibility index (Phi) is 9.41. The zero-order chi connectivity index (χ0) is 17.9. The number of benzene rings is 1. The number of unbranched alkanes of at least 4 members (excludes halogenated alkanes) is 1. The second-order valence-corrected chi connectivity index (χ2v) is 6.74. The zero-order valence-electron chi connectivity index (χ0n) is 14.1. The number of nitrogens with zero attached hydrogens (tertiary/aromatic N) is 1. The normalized spacial score (nSPS) is 11.8. The van der Waals surface area contributed by atoms with Crippen molar-refractivity contribution in [2.45, 2.75) is 31.9 Å². The van der Waals surface area contributed by atoms with Crippen LogP contribution in [0.4, 0.5) is 10.1 Å². The number of rotatable bonds is 10. The van der Waals surface area contributed by atoms with Crippen molar-refractivity contribution in [1.82, 2.24) is 4.90 Å². The molecule has 134 valence electrons. The highest BCUT2D eigenvalue weighted by Crippen LogP contribution is 2.15. The van der Waals surface area contributed by atoms with Gasteiger partial charge in [-0.25, -0.2) is 4.39 Å². The number of aliphatic hydroxyl groups excluding tert-OH is 1. The molecule has 1 unspecified atom stereocenters. The number of anilines is 1. The SMILES string of the molecule is CCCCN(CCO)C(=O)C(C)SCC(=O)Nc1ccc(F)cc1. The topological polar surface area (TPSA) is 69.6 Å². The summed E-state index contributed by atoms with van der Waals surface area (Å²) in [5.41, 5.74) is 0.519. The van der Waals surface area contributed by atoms with Gasteiger partial charge in [-0.15, -0.1) is 11.8 Å². The molecule has 0 saturated heterocycles. The van der Waals surface area contributed by atoms with Crippen LogP contribution in [0.15, 0.2) is 24.3 Å². The lowest BCUT2D eigenvalue weighted by molar-refractivity contribution is -0.130. The molecule has 0 fully saturated rings. The highest BCUT2D eigenvalue weighted by Gasteiger charge is 2.21. The lowest BCUT2D eigenvalue weighted by atomic mass is 10.3. The summed E-state index contributed by atoms with van der Waals surface area (Å²) in [5.74, 6) is -0.548. The van der Waals surface area contributed by atoms with Crippen molar-refractivity contribution in [3.8, 4) is 0 Å². The molecule has 0 aliphatic carbocycles. The first-order valence-corrected chi connectivity index (χ1v) is 9.09. The van der Waals surface area contributed by atoms with Gasteiger partial charge in [0, 0.05) is 18.8 Å². The largest absolute Gasteiger partial charge is 0.395 e. The standard InChI is InChI=1S/C17H25FN2O3S/c1-3-4-9-20(10-11-21)17(23)13(2)24-12-16(22)19-15-7-5-14(18)6-8-15/h5-8,13,21H,3-4,9-12H2,1-2H3,(H,19,22). The van der Waals surface area contributed by atoms with Crippen LogP contribution in [0.1, 0.15) is 26.7 Å². The van der Waals surface area contributed by atoms with Crippen molar-refractivity contribution in [3.63, 3.8) is 0 Å². The summed E-state index contributed by atoms with van der Waals surface area (Å²) < 4.78 is 12.8. The van der Waals surface area contributed by atoms with Crippen molar-refractivity contribution in [3.05, 3.63) is 30.1 Å². The van der Waals surface area contributed by atoms with Crippen LogP contribution in [0.3, 0.4) is 0 Å². The molecule has 0 aliphatic heterocycles. The molecule has 24 heavy (non-hydrogen) atoms. The van der Waals surface area contributed by atoms with E-state index in [4.69, 9.17) is 5.11 Å². The number of thioether (sulfide) groups is 1. The number of carbonyl (C=O) groups is 2. The summed E-state index contributed by atoms with van der Waals surface area (Å²) in [6.07, 6.45) is 1.85. The predicted molar refractivity (Wildman–Crippen MR) is 95.5 cm³/mol. The zero-order valence-corrected chi connectivity index (χ0v) is 14.9. The van der Waals surface area contributed by atoms with Crippen LogP contribution < -0.4 is 5.32 Å². The molecule has 0 aromatic heterocycles. The number of carbonyl (C=O) groups excluding carboxylic acids is 2. The maximum absolute atomic E-state index is 12.8. The van der Waals surface area contributed by atoms with Gasteiger partial charge in [-0.3, -0.25) is 9.59 Å². The van der Waals surface area contributed by atoms with Crippen molar-refractivity contribution in [2.75, 3.05) is 30.8 Å². The van der Waals surface area contributed by atoms with E-state index in [1.165, 1.54) is 36.0 Å². The van der Waals surface area contributed by atoms with Gasteiger partial charge in [-0.05, 0) is 37.6 Å². The summed E-state index contributed by atoms with van der Waals surface area (Å²) in [6, 6.07) is 5.52. The molecule has 2 N–H and O–H groups in total. The van der Waals surface area contributed by atoms with Crippen LogP contribution in [-0.2, 0) is 9.59 Å². The Morgan fingerprint density at radius 2 is 1.96 bits per heavy atom. The first kappa shape index (κ1) is 20.4. The summed E-state index contributed by atoms with van der Waals surface area (Å²) in [4.78, 5) is 25.9. The number of halogens is 1. The molecule has 1 aromatic carbocycles. The van der Waals surface area contributed by atoms with E-state index >= 15 is 0 Å². The number of nitrogens with one attached hydrogen (secondary N) is 1. The smallest absolute Gasteiger partial charge is 0.235 e. The van der Waals surface area contributed by atoms with E-state index in [0.717, 1.165) is 12.8 Å². The second kappa shape index (κ2) is 11.0. The summed E-state index contributed by atoms with van der Waals surface area (Å²) >= 11 is 1.24. The van der Waals surface area contributed by atoms with Crippen LogP contribution >= 0.6 is 11.8 Å². The Morgan fingerprint density at radius 3 is 2.54 bits per heavy atom. The maximum atomic E-state index is 12.8. The van der Waals surface area contributed by atoms with Gasteiger partial charge in [0.1, 0.15) is 5.82 Å². The van der Waals surface area contributed by atoms with Crippen LogP contribution in [0.25, 0.3) is 0 Å². The molecule has 0 aliphatic rings. The molecule has 0 saturated carbocycles. The Hall–Kier alpha value is -1.60. The van der Waals surface area contributed by atoms with Crippen LogP contribution in [-0.4, -0.2) is 52.5 Å². The average molecular weight is 356 g/mol. The molecule has 5 nitrogen and oxygen atoms in total. The molecule has 1 atom stereocenters. The monoisotopic (exact) mass is 356 g/mol. The molecule has 1 rings (SSSR count). The number of amides is 2. The highest BCUT2D eigenvalue weighted by atomic mass is 32.2. The Morgan fingerprint density at radius 1 is 1.29 bits per heavy atom. The van der Waals surface area contributed by atoms with E-state index in [1.807, 2.05) is 6.92 Å². The predicted octanol–water partition coefficient (Wildman–Crippen LogP) is 2.51. The minimum Gasteiger partial charge on any atom is -0.395 e. The van der Waals surface area contributed by atoms with Crippen LogP contribution in [0.2, 0.25) is 0 Å². The van der Waals surface area contributed by atoms with E-state index in [-0.39, 0.29) is 35.2 Å². The number of hydrogen-bond acceptors (Lipinski definition) is 4. The Balaban J connectivity index is 2.44. The first-order valence-electron chi connectivity index (χ1n) is 8.04. The quantitative estimate of drug-likeness (QED) is 0.676. The van der Waals surface area contributed by atoms with Gasteiger partial charge in [-0.1, -0.05) is 13.3 Å². The maximum Gasteiger partial charge on any atom is 0.235 e. The van der Waals surface area contributed by atoms with Gasteiger partial charge in [0.2, 0.25) is 11.8 Å². The van der Waals surface area contributed by atoms with Gasteiger partial charge >= 0.3 is 0 Å². The van der Waals surface area contributed by atoms with Gasteiger partial charge in [0.15, 0.2) is 0 Å². The molecular weight excluding hydrogens is 331 g/mol. The average Bonchev–Trinajstić information content (AvgIpc) is 2.58. The molecule has 7 heteroatoms. The van der Waals surface area contributed by atoms with E-state index in [9.17, 15) is 14.0 Å². The van der Waals surface area contributed by atoms with Gasteiger partial charge in [-0.2, -0.15) is 0 Å². The van der Waals surface area contributed by atoms with Gasteiger partial charge in [0.05, 0.1) is 17.6 Å². The van der Waals surface area contributed by atoms with Crippen LogP contribution in [0, 0.1) is 5.82 Å².